The van der Waals surface area contributed by atoms with Crippen LogP contribution in [0, 0.1) is 0 Å². The van der Waals surface area contributed by atoms with Gasteiger partial charge in [0.2, 0.25) is 17.7 Å². The lowest BCUT2D eigenvalue weighted by Gasteiger charge is -2.29. The second kappa shape index (κ2) is 13.4. The first-order valence-electron chi connectivity index (χ1n) is 11.4. The van der Waals surface area contributed by atoms with Gasteiger partial charge < -0.3 is 42.2 Å². The van der Waals surface area contributed by atoms with E-state index in [1.165, 1.54) is 17.4 Å². The molecule has 2 rings (SSSR count). The minimum absolute atomic E-state index is 0.0253. The number of nitrogens with zero attached hydrogens (tertiary/aromatic N) is 2. The van der Waals surface area contributed by atoms with E-state index in [-0.39, 0.29) is 19.4 Å². The number of aromatic nitrogens is 2. The summed E-state index contributed by atoms with van der Waals surface area (Å²) < 4.78 is 0. The van der Waals surface area contributed by atoms with Crippen molar-refractivity contribution in [2.45, 2.75) is 69.1 Å². The Morgan fingerprint density at radius 1 is 1.14 bits per heavy atom. The average molecular weight is 496 g/mol. The number of nitrogens with two attached hydrogens (primary N) is 2. The molecule has 1 aromatic rings. The van der Waals surface area contributed by atoms with Gasteiger partial charge in [-0.25, -0.2) is 9.78 Å². The zero-order valence-corrected chi connectivity index (χ0v) is 19.3. The van der Waals surface area contributed by atoms with Crippen LogP contribution in [0.4, 0.5) is 0 Å². The van der Waals surface area contributed by atoms with Crippen LogP contribution < -0.4 is 22.1 Å². The van der Waals surface area contributed by atoms with E-state index in [1.54, 1.807) is 0 Å². The van der Waals surface area contributed by atoms with Crippen LogP contribution in [0.25, 0.3) is 0 Å². The van der Waals surface area contributed by atoms with E-state index in [4.69, 9.17) is 16.6 Å². The highest BCUT2D eigenvalue weighted by molar-refractivity contribution is 5.95. The van der Waals surface area contributed by atoms with Crippen LogP contribution >= 0.6 is 0 Å². The first-order valence-corrected chi connectivity index (χ1v) is 11.4. The fourth-order valence-corrected chi connectivity index (χ4v) is 3.89. The number of carboxylic acid groups (broad SMARTS) is 2. The molecule has 0 aliphatic carbocycles. The summed E-state index contributed by atoms with van der Waals surface area (Å²) in [6, 6.07) is -4.57. The van der Waals surface area contributed by atoms with Crippen molar-refractivity contribution < 1.29 is 34.2 Å². The van der Waals surface area contributed by atoms with Gasteiger partial charge in [0.05, 0.1) is 18.8 Å². The number of rotatable bonds is 14. The zero-order chi connectivity index (χ0) is 26.0. The van der Waals surface area contributed by atoms with Crippen molar-refractivity contribution in [1.82, 2.24) is 25.5 Å². The van der Waals surface area contributed by atoms with Crippen molar-refractivity contribution in [1.29, 1.82) is 0 Å². The number of carbonyl (C=O) groups excluding carboxylic acids is 3. The van der Waals surface area contributed by atoms with Gasteiger partial charge >= 0.3 is 11.9 Å². The Kier molecular flexibility index (Phi) is 10.6. The number of hydrogen-bond acceptors (Lipinski definition) is 8. The molecule has 0 saturated carbocycles. The fourth-order valence-electron chi connectivity index (χ4n) is 3.89. The summed E-state index contributed by atoms with van der Waals surface area (Å²) in [5.41, 5.74) is 11.7. The molecular formula is C21H33N7O7. The molecule has 3 amide bonds. The molecular weight excluding hydrogens is 462 g/mol. The number of nitrogens with one attached hydrogen (secondary N) is 3. The van der Waals surface area contributed by atoms with Crippen LogP contribution in [0.15, 0.2) is 12.5 Å². The van der Waals surface area contributed by atoms with Crippen LogP contribution in [-0.4, -0.2) is 92.0 Å². The molecule has 0 aromatic carbocycles. The number of unbranched alkanes of at least 4 members (excludes halogenated alkanes) is 1. The third-order valence-corrected chi connectivity index (χ3v) is 5.73. The van der Waals surface area contributed by atoms with Gasteiger partial charge in [-0.2, -0.15) is 0 Å². The summed E-state index contributed by atoms with van der Waals surface area (Å²) in [6.45, 7) is 0.647. The Morgan fingerprint density at radius 2 is 1.86 bits per heavy atom. The van der Waals surface area contributed by atoms with Gasteiger partial charge in [-0.1, -0.05) is 0 Å². The molecule has 1 aromatic heterocycles. The Bertz CT molecular complexity index is 893. The summed E-state index contributed by atoms with van der Waals surface area (Å²) in [5.74, 6) is -4.45. The Labute approximate surface area is 201 Å². The highest BCUT2D eigenvalue weighted by Crippen LogP contribution is 2.20. The summed E-state index contributed by atoms with van der Waals surface area (Å²) in [7, 11) is 0. The second-order valence-corrected chi connectivity index (χ2v) is 8.42. The standard InChI is InChI=1S/C21H33N7O7/c22-6-2-1-4-14(20(33)28-7-3-5-16(28)21(34)35)26-19(32)15(8-12-10-24-11-25-12)27-18(31)13(23)9-17(29)30/h10-11,13-16H,1-9,22-23H2,(H,24,25)(H,26,32)(H,27,31)(H,29,30)(H,34,35). The van der Waals surface area contributed by atoms with Crippen molar-refractivity contribution in [2.24, 2.45) is 11.5 Å². The first kappa shape index (κ1) is 27.7. The maximum absolute atomic E-state index is 13.2. The predicted molar refractivity (Wildman–Crippen MR) is 122 cm³/mol. The van der Waals surface area contributed by atoms with Gasteiger partial charge in [-0.05, 0) is 38.6 Å². The van der Waals surface area contributed by atoms with E-state index in [9.17, 15) is 29.1 Å². The molecule has 1 aliphatic heterocycles. The number of aliphatic carboxylic acids is 2. The normalized spacial score (nSPS) is 17.9. The van der Waals surface area contributed by atoms with E-state index in [1.807, 2.05) is 0 Å². The molecule has 4 unspecified atom stereocenters. The van der Waals surface area contributed by atoms with E-state index in [0.29, 0.717) is 37.9 Å². The van der Waals surface area contributed by atoms with Crippen molar-refractivity contribution in [3.63, 3.8) is 0 Å². The Balaban J connectivity index is 2.19. The highest BCUT2D eigenvalue weighted by Gasteiger charge is 2.38. The number of H-pyrrole nitrogens is 1. The quantitative estimate of drug-likeness (QED) is 0.139. The molecule has 0 radical (unpaired) electrons. The molecule has 194 valence electrons. The minimum atomic E-state index is -1.38. The third-order valence-electron chi connectivity index (χ3n) is 5.73. The van der Waals surface area contributed by atoms with Crippen LogP contribution in [-0.2, 0) is 30.4 Å². The Morgan fingerprint density at radius 3 is 2.46 bits per heavy atom. The minimum Gasteiger partial charge on any atom is -0.481 e. The average Bonchev–Trinajstić information content (AvgIpc) is 3.49. The van der Waals surface area contributed by atoms with Crippen LogP contribution in [0.5, 0.6) is 0 Å². The maximum Gasteiger partial charge on any atom is 0.326 e. The van der Waals surface area contributed by atoms with E-state index < -0.39 is 60.2 Å². The number of hydrogen-bond donors (Lipinski definition) is 7. The smallest absolute Gasteiger partial charge is 0.326 e. The number of likely N-dealkylation sites (tertiary alicyclic amines) is 1. The molecule has 2 heterocycles. The Hall–Kier alpha value is -3.52. The topological polar surface area (TPSA) is 234 Å². The number of aromatic amines is 1. The zero-order valence-electron chi connectivity index (χ0n) is 19.3. The van der Waals surface area contributed by atoms with Gasteiger partial charge in [0, 0.05) is 24.9 Å². The van der Waals surface area contributed by atoms with Gasteiger partial charge in [0.1, 0.15) is 18.1 Å². The monoisotopic (exact) mass is 495 g/mol. The van der Waals surface area contributed by atoms with Gasteiger partial charge in [0.25, 0.3) is 0 Å². The van der Waals surface area contributed by atoms with Crippen molar-refractivity contribution in [3.05, 3.63) is 18.2 Å². The molecule has 14 heteroatoms. The predicted octanol–water partition coefficient (Wildman–Crippen LogP) is -2.07. The fraction of sp³-hybridized carbons (Fsp3) is 0.619. The second-order valence-electron chi connectivity index (χ2n) is 8.42. The van der Waals surface area contributed by atoms with Crippen molar-refractivity contribution >= 4 is 29.7 Å². The molecule has 1 aliphatic rings. The maximum atomic E-state index is 13.2. The lowest BCUT2D eigenvalue weighted by molar-refractivity contribution is -0.149. The van der Waals surface area contributed by atoms with E-state index in [0.717, 1.165) is 0 Å². The molecule has 14 nitrogen and oxygen atoms in total. The summed E-state index contributed by atoms with van der Waals surface area (Å²) >= 11 is 0. The van der Waals surface area contributed by atoms with Crippen LogP contribution in [0.3, 0.4) is 0 Å². The first-order chi connectivity index (χ1) is 16.6. The van der Waals surface area contributed by atoms with Crippen molar-refractivity contribution in [2.75, 3.05) is 13.1 Å². The summed E-state index contributed by atoms with van der Waals surface area (Å²) in [6.07, 6.45) is 4.39. The lowest BCUT2D eigenvalue weighted by Crippen LogP contribution is -2.57. The molecule has 35 heavy (non-hydrogen) atoms. The lowest BCUT2D eigenvalue weighted by atomic mass is 10.0. The van der Waals surface area contributed by atoms with Gasteiger partial charge in [-0.15, -0.1) is 0 Å². The van der Waals surface area contributed by atoms with Crippen LogP contribution in [0.2, 0.25) is 0 Å². The summed E-state index contributed by atoms with van der Waals surface area (Å²) in [4.78, 5) is 69.2. The van der Waals surface area contributed by atoms with Gasteiger partial charge in [-0.3, -0.25) is 19.2 Å². The van der Waals surface area contributed by atoms with E-state index >= 15 is 0 Å². The van der Waals surface area contributed by atoms with Gasteiger partial charge in [0.15, 0.2) is 0 Å². The molecule has 0 bridgehead atoms. The highest BCUT2D eigenvalue weighted by atomic mass is 16.4. The number of carboxylic acids is 2. The van der Waals surface area contributed by atoms with Crippen LogP contribution in [0.1, 0.15) is 44.2 Å². The molecule has 0 spiro atoms. The molecule has 4 atom stereocenters. The summed E-state index contributed by atoms with van der Waals surface area (Å²) in [5, 5.41) is 23.4. The number of carbonyl (C=O) groups is 5. The largest absolute Gasteiger partial charge is 0.481 e. The third kappa shape index (κ3) is 8.33. The number of imidazole rings is 1. The number of amides is 3. The molecule has 9 N–H and O–H groups in total. The van der Waals surface area contributed by atoms with E-state index in [2.05, 4.69) is 20.6 Å². The SMILES string of the molecule is NCCCCC(NC(=O)C(Cc1cnc[nH]1)NC(=O)C(N)CC(=O)O)C(=O)N1CCCC1C(=O)O. The molecule has 1 fully saturated rings. The molecule has 1 saturated heterocycles. The van der Waals surface area contributed by atoms with Crippen molar-refractivity contribution in [3.8, 4) is 0 Å².